The van der Waals surface area contributed by atoms with Crippen LogP contribution in [0.5, 0.6) is 0 Å². The van der Waals surface area contributed by atoms with Crippen molar-refractivity contribution in [3.05, 3.63) is 35.6 Å². The summed E-state index contributed by atoms with van der Waals surface area (Å²) in [5, 5.41) is 12.2. The van der Waals surface area contributed by atoms with Gasteiger partial charge in [-0.3, -0.25) is 9.69 Å². The quantitative estimate of drug-likeness (QED) is 0.896. The molecule has 2 aliphatic rings. The predicted molar refractivity (Wildman–Crippen MR) is 86.4 cm³/mol. The van der Waals surface area contributed by atoms with Gasteiger partial charge >= 0.3 is 0 Å². The maximum atomic E-state index is 13.0. The summed E-state index contributed by atoms with van der Waals surface area (Å²) in [7, 11) is 0. The zero-order valence-electron chi connectivity index (χ0n) is 13.8. The Bertz CT molecular complexity index is 639. The molecule has 3 rings (SSSR count). The highest BCUT2D eigenvalue weighted by atomic mass is 19.1. The molecule has 128 valence electrons. The van der Waals surface area contributed by atoms with Gasteiger partial charge in [0.05, 0.1) is 25.3 Å². The Morgan fingerprint density at radius 1 is 1.46 bits per heavy atom. The minimum Gasteiger partial charge on any atom is -0.371 e. The van der Waals surface area contributed by atoms with Crippen LogP contribution in [0.4, 0.5) is 4.39 Å². The normalized spacial score (nSPS) is 24.0. The summed E-state index contributed by atoms with van der Waals surface area (Å²) in [6, 6.07) is 8.49. The first-order valence-corrected chi connectivity index (χ1v) is 8.32. The molecule has 1 heterocycles. The number of rotatable bonds is 5. The minimum atomic E-state index is -0.764. The Labute approximate surface area is 141 Å². The van der Waals surface area contributed by atoms with E-state index < -0.39 is 5.54 Å². The van der Waals surface area contributed by atoms with Crippen LogP contribution in [0.3, 0.4) is 0 Å². The van der Waals surface area contributed by atoms with Crippen molar-refractivity contribution in [1.29, 1.82) is 5.26 Å². The summed E-state index contributed by atoms with van der Waals surface area (Å²) in [5.74, 6) is -0.143. The van der Waals surface area contributed by atoms with Crippen molar-refractivity contribution in [3.63, 3.8) is 0 Å². The smallest absolute Gasteiger partial charge is 0.235 e. The van der Waals surface area contributed by atoms with Crippen molar-refractivity contribution in [3.8, 4) is 6.07 Å². The van der Waals surface area contributed by atoms with Crippen LogP contribution in [0.15, 0.2) is 24.3 Å². The maximum Gasteiger partial charge on any atom is 0.235 e. The van der Waals surface area contributed by atoms with Crippen LogP contribution in [0.25, 0.3) is 0 Å². The summed E-state index contributed by atoms with van der Waals surface area (Å²) in [4.78, 5) is 14.3. The van der Waals surface area contributed by atoms with Crippen molar-refractivity contribution in [2.45, 2.75) is 31.4 Å². The number of hydrogen-bond donors (Lipinski definition) is 1. The lowest BCUT2D eigenvalue weighted by Crippen LogP contribution is -2.51. The van der Waals surface area contributed by atoms with Gasteiger partial charge in [0.1, 0.15) is 11.4 Å². The van der Waals surface area contributed by atoms with Crippen molar-refractivity contribution in [1.82, 2.24) is 10.2 Å². The third-order valence-corrected chi connectivity index (χ3v) is 4.78. The highest BCUT2D eigenvalue weighted by Gasteiger charge is 2.43. The number of morpholine rings is 1. The van der Waals surface area contributed by atoms with E-state index in [2.05, 4.69) is 11.4 Å². The molecule has 1 aromatic rings. The molecule has 24 heavy (non-hydrogen) atoms. The van der Waals surface area contributed by atoms with Gasteiger partial charge in [0, 0.05) is 13.1 Å². The molecule has 1 amide bonds. The maximum absolute atomic E-state index is 13.0. The lowest BCUT2D eigenvalue weighted by atomic mass is 9.98. The molecule has 1 N–H and O–H groups in total. The molecule has 1 aliphatic carbocycles. The van der Waals surface area contributed by atoms with Crippen LogP contribution in [0.2, 0.25) is 0 Å². The summed E-state index contributed by atoms with van der Waals surface area (Å²) in [5.41, 5.74) is 0.140. The number of nitrogens with zero attached hydrogens (tertiary/aromatic N) is 2. The number of ether oxygens (including phenoxy) is 1. The molecule has 0 aromatic heterocycles. The molecular formula is C18H22FN3O2. The largest absolute Gasteiger partial charge is 0.371 e. The Balaban J connectivity index is 1.56. The number of nitrogens with one attached hydrogen (secondary N) is 1. The highest BCUT2D eigenvalue weighted by Crippen LogP contribution is 2.39. The number of benzene rings is 1. The Kier molecular flexibility index (Phi) is 4.83. The molecule has 2 atom stereocenters. The fraction of sp³-hybridized carbons (Fsp3) is 0.556. The zero-order valence-corrected chi connectivity index (χ0v) is 13.8. The van der Waals surface area contributed by atoms with E-state index in [0.717, 1.165) is 18.4 Å². The summed E-state index contributed by atoms with van der Waals surface area (Å²) in [6.07, 6.45) is 1.82. The molecule has 2 unspecified atom stereocenters. The number of hydrogen-bond acceptors (Lipinski definition) is 4. The van der Waals surface area contributed by atoms with Gasteiger partial charge in [-0.1, -0.05) is 12.1 Å². The van der Waals surface area contributed by atoms with Gasteiger partial charge in [-0.2, -0.15) is 5.26 Å². The van der Waals surface area contributed by atoms with Crippen LogP contribution in [-0.4, -0.2) is 42.6 Å². The molecule has 1 aliphatic heterocycles. The highest BCUT2D eigenvalue weighted by molar-refractivity contribution is 5.79. The van der Waals surface area contributed by atoms with Crippen molar-refractivity contribution < 1.29 is 13.9 Å². The predicted octanol–water partition coefficient (Wildman–Crippen LogP) is 2.01. The lowest BCUT2D eigenvalue weighted by Gasteiger charge is -2.33. The van der Waals surface area contributed by atoms with Crippen LogP contribution < -0.4 is 5.32 Å². The number of carbonyl (C=O) groups excluding carboxylic acids is 1. The van der Waals surface area contributed by atoms with E-state index in [9.17, 15) is 14.4 Å². The molecule has 1 saturated heterocycles. The summed E-state index contributed by atoms with van der Waals surface area (Å²) >= 11 is 0. The Hall–Kier alpha value is -1.97. The van der Waals surface area contributed by atoms with Gasteiger partial charge in [-0.05, 0) is 43.4 Å². The van der Waals surface area contributed by atoms with Crippen molar-refractivity contribution >= 4 is 5.91 Å². The van der Waals surface area contributed by atoms with E-state index in [0.29, 0.717) is 19.7 Å². The van der Waals surface area contributed by atoms with Crippen molar-refractivity contribution in [2.75, 3.05) is 26.2 Å². The number of amides is 1. The molecule has 1 aromatic carbocycles. The second-order valence-electron chi connectivity index (χ2n) is 6.78. The number of halogens is 1. The van der Waals surface area contributed by atoms with Gasteiger partial charge in [0.25, 0.3) is 0 Å². The van der Waals surface area contributed by atoms with Crippen molar-refractivity contribution in [2.24, 2.45) is 5.92 Å². The molecule has 2 fully saturated rings. The van der Waals surface area contributed by atoms with Gasteiger partial charge in [0.2, 0.25) is 5.91 Å². The average Bonchev–Trinajstić information content (AvgIpc) is 3.41. The van der Waals surface area contributed by atoms with E-state index in [4.69, 9.17) is 4.74 Å². The van der Waals surface area contributed by atoms with E-state index in [1.807, 2.05) is 4.90 Å². The van der Waals surface area contributed by atoms with Gasteiger partial charge in [0.15, 0.2) is 0 Å². The third-order valence-electron chi connectivity index (χ3n) is 4.78. The monoisotopic (exact) mass is 331 g/mol. The van der Waals surface area contributed by atoms with Crippen LogP contribution in [0.1, 0.15) is 31.4 Å². The molecule has 0 radical (unpaired) electrons. The standard InChI is InChI=1S/C18H22FN3O2/c1-18(12-20,14-4-5-14)21-17(23)11-22-8-9-24-16(10-22)13-2-6-15(19)7-3-13/h2-3,6-7,14,16H,4-5,8-11H2,1H3,(H,21,23). The molecule has 6 heteroatoms. The van der Waals surface area contributed by atoms with E-state index >= 15 is 0 Å². The molecule has 0 bridgehead atoms. The second-order valence-corrected chi connectivity index (χ2v) is 6.78. The lowest BCUT2D eigenvalue weighted by molar-refractivity contribution is -0.125. The topological polar surface area (TPSA) is 65.4 Å². The molecule has 5 nitrogen and oxygen atoms in total. The van der Waals surface area contributed by atoms with Crippen LogP contribution >= 0.6 is 0 Å². The first-order chi connectivity index (χ1) is 11.5. The fourth-order valence-corrected chi connectivity index (χ4v) is 3.14. The Morgan fingerprint density at radius 3 is 2.79 bits per heavy atom. The summed E-state index contributed by atoms with van der Waals surface area (Å²) < 4.78 is 18.8. The van der Waals surface area contributed by atoms with E-state index in [-0.39, 0.29) is 30.3 Å². The van der Waals surface area contributed by atoms with E-state index in [1.165, 1.54) is 12.1 Å². The third kappa shape index (κ3) is 3.92. The first kappa shape index (κ1) is 16.9. The molecule has 0 spiro atoms. The van der Waals surface area contributed by atoms with Gasteiger partial charge < -0.3 is 10.1 Å². The van der Waals surface area contributed by atoms with Gasteiger partial charge in [-0.15, -0.1) is 0 Å². The van der Waals surface area contributed by atoms with Crippen LogP contribution in [-0.2, 0) is 9.53 Å². The Morgan fingerprint density at radius 2 is 2.17 bits per heavy atom. The SMILES string of the molecule is CC(C#N)(NC(=O)CN1CCOC(c2ccc(F)cc2)C1)C1CC1. The zero-order chi connectivity index (χ0) is 17.2. The molecule has 1 saturated carbocycles. The second kappa shape index (κ2) is 6.88. The number of carbonyl (C=O) groups is 1. The first-order valence-electron chi connectivity index (χ1n) is 8.32. The van der Waals surface area contributed by atoms with Crippen LogP contribution in [0, 0.1) is 23.1 Å². The van der Waals surface area contributed by atoms with E-state index in [1.54, 1.807) is 19.1 Å². The minimum absolute atomic E-state index is 0.134. The molecular weight excluding hydrogens is 309 g/mol. The summed E-state index contributed by atoms with van der Waals surface area (Å²) in [6.45, 7) is 3.80. The number of nitriles is 1. The van der Waals surface area contributed by atoms with Gasteiger partial charge in [-0.25, -0.2) is 4.39 Å². The fourth-order valence-electron chi connectivity index (χ4n) is 3.14. The average molecular weight is 331 g/mol.